The molecule has 1 amide bonds. The van der Waals surface area contributed by atoms with E-state index in [1.807, 2.05) is 36.4 Å². The second-order valence-electron chi connectivity index (χ2n) is 5.87. The van der Waals surface area contributed by atoms with Crippen molar-refractivity contribution in [1.29, 1.82) is 0 Å². The average molecular weight is 345 g/mol. The van der Waals surface area contributed by atoms with Crippen molar-refractivity contribution in [2.45, 2.75) is 6.92 Å². The van der Waals surface area contributed by atoms with Crippen LogP contribution in [0.3, 0.4) is 0 Å². The molecule has 0 aliphatic carbocycles. The molecule has 0 unspecified atom stereocenters. The van der Waals surface area contributed by atoms with Crippen LogP contribution in [-0.4, -0.2) is 19.0 Å². The van der Waals surface area contributed by atoms with Crippen LogP contribution in [0.1, 0.15) is 12.5 Å². The number of anilines is 1. The number of amides is 1. The van der Waals surface area contributed by atoms with Crippen LogP contribution >= 0.6 is 0 Å². The highest BCUT2D eigenvalue weighted by Crippen LogP contribution is 2.33. The van der Waals surface area contributed by atoms with Crippen LogP contribution in [0.15, 0.2) is 66.7 Å². The van der Waals surface area contributed by atoms with Gasteiger partial charge in [0, 0.05) is 18.6 Å². The summed E-state index contributed by atoms with van der Waals surface area (Å²) in [6.45, 7) is 1.46. The maximum Gasteiger partial charge on any atom is 0.330 e. The molecule has 3 rings (SSSR count). The lowest BCUT2D eigenvalue weighted by molar-refractivity contribution is -0.134. The van der Waals surface area contributed by atoms with Gasteiger partial charge in [0.2, 0.25) is 5.91 Å². The number of methoxy groups -OCH3 is 1. The number of para-hydroxylation sites is 1. The lowest BCUT2D eigenvalue weighted by Gasteiger charge is -2.14. The summed E-state index contributed by atoms with van der Waals surface area (Å²) in [6, 6.07) is 20.0. The minimum absolute atomic E-state index is 0.175. The minimum Gasteiger partial charge on any atom is -0.466 e. The molecule has 0 aromatic heterocycles. The zero-order valence-corrected chi connectivity index (χ0v) is 14.7. The van der Waals surface area contributed by atoms with Gasteiger partial charge in [-0.15, -0.1) is 0 Å². The summed E-state index contributed by atoms with van der Waals surface area (Å²) in [5.74, 6) is -0.624. The monoisotopic (exact) mass is 345 g/mol. The molecule has 4 heteroatoms. The van der Waals surface area contributed by atoms with E-state index < -0.39 is 5.97 Å². The minimum atomic E-state index is -0.449. The second-order valence-corrected chi connectivity index (χ2v) is 5.87. The molecule has 26 heavy (non-hydrogen) atoms. The van der Waals surface area contributed by atoms with E-state index in [9.17, 15) is 9.59 Å². The van der Waals surface area contributed by atoms with E-state index in [-0.39, 0.29) is 5.91 Å². The van der Waals surface area contributed by atoms with Gasteiger partial charge in [0.25, 0.3) is 0 Å². The summed E-state index contributed by atoms with van der Waals surface area (Å²) in [6.07, 6.45) is 2.98. The predicted molar refractivity (Wildman–Crippen MR) is 105 cm³/mol. The van der Waals surface area contributed by atoms with Crippen LogP contribution < -0.4 is 5.32 Å². The van der Waals surface area contributed by atoms with Crippen LogP contribution in [-0.2, 0) is 14.3 Å². The molecule has 0 saturated heterocycles. The molecule has 0 spiro atoms. The standard InChI is InChI=1S/C22H19NO3/c1-15(24)23-22-17(12-13-21(25)26-2)8-5-9-20(22)19-11-10-16-6-3-4-7-18(16)14-19/h3-14H,1-2H3,(H,23,24)/b13-12+. The number of esters is 1. The van der Waals surface area contributed by atoms with E-state index in [1.165, 1.54) is 20.1 Å². The van der Waals surface area contributed by atoms with Gasteiger partial charge in [0.15, 0.2) is 0 Å². The van der Waals surface area contributed by atoms with Crippen LogP contribution in [0, 0.1) is 0 Å². The zero-order chi connectivity index (χ0) is 18.5. The Kier molecular flexibility index (Phi) is 5.13. The molecule has 0 radical (unpaired) electrons. The molecule has 1 N–H and O–H groups in total. The Balaban J connectivity index is 2.13. The number of carbonyl (C=O) groups is 2. The van der Waals surface area contributed by atoms with Gasteiger partial charge < -0.3 is 10.1 Å². The molecule has 4 nitrogen and oxygen atoms in total. The molecule has 0 aliphatic heterocycles. The van der Waals surface area contributed by atoms with Crippen LogP contribution in [0.5, 0.6) is 0 Å². The van der Waals surface area contributed by atoms with Crippen molar-refractivity contribution in [3.63, 3.8) is 0 Å². The van der Waals surface area contributed by atoms with Crippen LogP contribution in [0.2, 0.25) is 0 Å². The summed E-state index contributed by atoms with van der Waals surface area (Å²) >= 11 is 0. The Morgan fingerprint density at radius 1 is 0.962 bits per heavy atom. The number of nitrogens with one attached hydrogen (secondary N) is 1. The van der Waals surface area contributed by atoms with Gasteiger partial charge in [0.1, 0.15) is 0 Å². The number of benzene rings is 3. The highest BCUT2D eigenvalue weighted by atomic mass is 16.5. The first-order valence-electron chi connectivity index (χ1n) is 8.24. The second kappa shape index (κ2) is 7.66. The molecular formula is C22H19NO3. The molecule has 0 atom stereocenters. The summed E-state index contributed by atoms with van der Waals surface area (Å²) in [5.41, 5.74) is 3.27. The van der Waals surface area contributed by atoms with Crippen molar-refractivity contribution in [2.24, 2.45) is 0 Å². The maximum atomic E-state index is 11.7. The van der Waals surface area contributed by atoms with Crippen LogP contribution in [0.4, 0.5) is 5.69 Å². The topological polar surface area (TPSA) is 55.4 Å². The molecule has 3 aromatic rings. The van der Waals surface area contributed by atoms with Crippen molar-refractivity contribution in [1.82, 2.24) is 0 Å². The first-order chi connectivity index (χ1) is 12.6. The van der Waals surface area contributed by atoms with Crippen molar-refractivity contribution in [3.05, 3.63) is 72.3 Å². The Morgan fingerprint density at radius 3 is 2.46 bits per heavy atom. The van der Waals surface area contributed by atoms with Crippen molar-refractivity contribution >= 4 is 34.4 Å². The van der Waals surface area contributed by atoms with E-state index in [2.05, 4.69) is 34.3 Å². The predicted octanol–water partition coefficient (Wildman–Crippen LogP) is 4.65. The first-order valence-corrected chi connectivity index (χ1v) is 8.24. The summed E-state index contributed by atoms with van der Waals surface area (Å²) < 4.78 is 4.64. The zero-order valence-electron chi connectivity index (χ0n) is 14.7. The van der Waals surface area contributed by atoms with Crippen molar-refractivity contribution in [2.75, 3.05) is 12.4 Å². The third kappa shape index (κ3) is 3.81. The third-order valence-electron chi connectivity index (χ3n) is 4.06. The van der Waals surface area contributed by atoms with Gasteiger partial charge in [-0.1, -0.05) is 54.6 Å². The normalized spacial score (nSPS) is 10.8. The Labute approximate surface area is 152 Å². The highest BCUT2D eigenvalue weighted by Gasteiger charge is 2.11. The van der Waals surface area contributed by atoms with Gasteiger partial charge >= 0.3 is 5.97 Å². The van der Waals surface area contributed by atoms with E-state index in [4.69, 9.17) is 0 Å². The Hall–Kier alpha value is -3.40. The highest BCUT2D eigenvalue weighted by molar-refractivity contribution is 6.00. The van der Waals surface area contributed by atoms with Gasteiger partial charge in [-0.3, -0.25) is 4.79 Å². The Morgan fingerprint density at radius 2 is 1.73 bits per heavy atom. The number of fused-ring (bicyclic) bond motifs is 1. The van der Waals surface area contributed by atoms with E-state index >= 15 is 0 Å². The summed E-state index contributed by atoms with van der Waals surface area (Å²) in [4.78, 5) is 23.2. The fourth-order valence-corrected chi connectivity index (χ4v) is 2.85. The quantitative estimate of drug-likeness (QED) is 0.553. The molecule has 0 aliphatic rings. The molecule has 3 aromatic carbocycles. The van der Waals surface area contributed by atoms with E-state index in [0.717, 1.165) is 27.5 Å². The smallest absolute Gasteiger partial charge is 0.330 e. The lowest BCUT2D eigenvalue weighted by Crippen LogP contribution is -2.08. The molecule has 0 bridgehead atoms. The molecule has 0 heterocycles. The fourth-order valence-electron chi connectivity index (χ4n) is 2.85. The maximum absolute atomic E-state index is 11.7. The fraction of sp³-hybridized carbons (Fsp3) is 0.0909. The Bertz CT molecular complexity index is 1010. The van der Waals surface area contributed by atoms with Crippen molar-refractivity contribution in [3.8, 4) is 11.1 Å². The van der Waals surface area contributed by atoms with Crippen molar-refractivity contribution < 1.29 is 14.3 Å². The SMILES string of the molecule is COC(=O)/C=C/c1cccc(-c2ccc3ccccc3c2)c1NC(C)=O. The molecule has 130 valence electrons. The van der Waals surface area contributed by atoms with Gasteiger partial charge in [0.05, 0.1) is 12.8 Å². The summed E-state index contributed by atoms with van der Waals surface area (Å²) in [5, 5.41) is 5.16. The van der Waals surface area contributed by atoms with Gasteiger partial charge in [-0.25, -0.2) is 4.79 Å². The summed E-state index contributed by atoms with van der Waals surface area (Å²) in [7, 11) is 1.33. The number of rotatable bonds is 4. The largest absolute Gasteiger partial charge is 0.466 e. The number of hydrogen-bond donors (Lipinski definition) is 1. The van der Waals surface area contributed by atoms with E-state index in [0.29, 0.717) is 5.69 Å². The average Bonchev–Trinajstić information content (AvgIpc) is 2.66. The van der Waals surface area contributed by atoms with E-state index in [1.54, 1.807) is 6.08 Å². The molecule has 0 fully saturated rings. The number of ether oxygens (including phenoxy) is 1. The number of hydrogen-bond acceptors (Lipinski definition) is 3. The lowest BCUT2D eigenvalue weighted by atomic mass is 9.97. The molecule has 0 saturated carbocycles. The van der Waals surface area contributed by atoms with Gasteiger partial charge in [-0.2, -0.15) is 0 Å². The van der Waals surface area contributed by atoms with Crippen LogP contribution in [0.25, 0.3) is 28.0 Å². The third-order valence-corrected chi connectivity index (χ3v) is 4.06. The first kappa shape index (κ1) is 17.4. The molecular weight excluding hydrogens is 326 g/mol. The number of carbonyl (C=O) groups excluding carboxylic acids is 2. The van der Waals surface area contributed by atoms with Gasteiger partial charge in [-0.05, 0) is 34.0 Å².